The van der Waals surface area contributed by atoms with Crippen LogP contribution in [-0.4, -0.2) is 22.7 Å². The molecule has 3 nitrogen and oxygen atoms in total. The van der Waals surface area contributed by atoms with Gasteiger partial charge in [-0.25, -0.2) is 0 Å². The van der Waals surface area contributed by atoms with Crippen LogP contribution in [0, 0.1) is 0 Å². The average Bonchev–Trinajstić information content (AvgIpc) is 2.63. The second kappa shape index (κ2) is 7.19. The van der Waals surface area contributed by atoms with Crippen molar-refractivity contribution in [3.8, 4) is 0 Å². The average molecular weight is 440 g/mol. The van der Waals surface area contributed by atoms with Crippen molar-refractivity contribution < 1.29 is 4.79 Å². The molecule has 0 N–H and O–H groups in total. The van der Waals surface area contributed by atoms with Crippen molar-refractivity contribution in [1.29, 1.82) is 0 Å². The first-order chi connectivity index (χ1) is 11.7. The highest BCUT2D eigenvalue weighted by Gasteiger charge is 2.17. The quantitative estimate of drug-likeness (QED) is 0.598. The molecule has 2 aromatic rings. The molecule has 2 aliphatic rings. The van der Waals surface area contributed by atoms with E-state index in [0.717, 1.165) is 16.8 Å². The summed E-state index contributed by atoms with van der Waals surface area (Å²) in [6, 6.07) is 12.1. The van der Waals surface area contributed by atoms with Gasteiger partial charge in [-0.2, -0.15) is 0 Å². The number of pyridine rings is 1. The van der Waals surface area contributed by atoms with Crippen LogP contribution in [0.25, 0.3) is 17.3 Å². The Bertz CT molecular complexity index is 954. The predicted octanol–water partition coefficient (Wildman–Crippen LogP) is 4.79. The first kappa shape index (κ1) is 17.4. The molecule has 25 heavy (non-hydrogen) atoms. The van der Waals surface area contributed by atoms with E-state index in [1.165, 1.54) is 11.1 Å². The van der Waals surface area contributed by atoms with Gasteiger partial charge in [0.25, 0.3) is 0 Å². The van der Waals surface area contributed by atoms with Crippen LogP contribution in [0.5, 0.6) is 0 Å². The molecule has 4 heteroatoms. The molecule has 0 unspecified atom stereocenters. The molecule has 1 aliphatic heterocycles. The maximum atomic E-state index is 11.9. The van der Waals surface area contributed by atoms with Crippen molar-refractivity contribution in [2.75, 3.05) is 7.05 Å². The molecule has 4 rings (SSSR count). The molecule has 0 amide bonds. The third-order valence-corrected chi connectivity index (χ3v) is 4.28. The number of carbonyl (C=O) groups excluding carboxylic acids is 1. The number of nitrogens with zero attached hydrogens (tertiary/aromatic N) is 2. The van der Waals surface area contributed by atoms with Crippen LogP contribution in [0.1, 0.15) is 27.2 Å². The second-order valence-electron chi connectivity index (χ2n) is 5.78. The van der Waals surface area contributed by atoms with E-state index in [1.807, 2.05) is 43.5 Å². The van der Waals surface area contributed by atoms with Gasteiger partial charge in [0, 0.05) is 36.3 Å². The Morgan fingerprint density at radius 2 is 1.76 bits per heavy atom. The molecule has 0 radical (unpaired) electrons. The van der Waals surface area contributed by atoms with Crippen LogP contribution in [0.15, 0.2) is 73.1 Å². The summed E-state index contributed by atoms with van der Waals surface area (Å²) in [5, 5.41) is 0. The molecular formula is C21H17IN2O. The van der Waals surface area contributed by atoms with Gasteiger partial charge in [-0.05, 0) is 35.4 Å². The minimum atomic E-state index is -0.0431. The predicted molar refractivity (Wildman–Crippen MR) is 112 cm³/mol. The standard InChI is InChI=1S/C21H16N2O.HI/c1-23-14-12-15-5-2-3-6-17(15)19(23)10-8-16-9-11-20(24)21-18(16)7-4-13-22-21;/h2-14H,1H3;1H/b16-8-,19-10-;. The molecule has 124 valence electrons. The lowest BCUT2D eigenvalue weighted by molar-refractivity contribution is 0.104. The number of rotatable bonds is 1. The summed E-state index contributed by atoms with van der Waals surface area (Å²) in [6.45, 7) is 0. The normalized spacial score (nSPS) is 18.1. The Morgan fingerprint density at radius 1 is 0.960 bits per heavy atom. The number of aromatic nitrogens is 1. The number of allylic oxidation sites excluding steroid dienone is 5. The van der Waals surface area contributed by atoms with Gasteiger partial charge in [-0.1, -0.05) is 42.5 Å². The lowest BCUT2D eigenvalue weighted by atomic mass is 9.95. The SMILES string of the molecule is CN1C=Cc2ccccc2/C1=C/C=C1/C=CC(=O)c2ncccc21.I. The van der Waals surface area contributed by atoms with Crippen molar-refractivity contribution in [2.45, 2.75) is 0 Å². The minimum Gasteiger partial charge on any atom is -0.351 e. The molecule has 1 aromatic heterocycles. The number of halogens is 1. The van der Waals surface area contributed by atoms with E-state index < -0.39 is 0 Å². The van der Waals surface area contributed by atoms with E-state index in [0.29, 0.717) is 5.69 Å². The van der Waals surface area contributed by atoms with Gasteiger partial charge in [-0.15, -0.1) is 24.0 Å². The third-order valence-electron chi connectivity index (χ3n) is 4.28. The fraction of sp³-hybridized carbons (Fsp3) is 0.0476. The largest absolute Gasteiger partial charge is 0.351 e. The van der Waals surface area contributed by atoms with Crippen LogP contribution in [0.4, 0.5) is 0 Å². The first-order valence-corrected chi connectivity index (χ1v) is 7.84. The molecule has 0 bridgehead atoms. The van der Waals surface area contributed by atoms with Gasteiger partial charge < -0.3 is 4.90 Å². The van der Waals surface area contributed by atoms with Crippen LogP contribution >= 0.6 is 24.0 Å². The lowest BCUT2D eigenvalue weighted by Crippen LogP contribution is -2.13. The Kier molecular flexibility index (Phi) is 4.99. The Morgan fingerprint density at radius 3 is 2.64 bits per heavy atom. The molecule has 0 atom stereocenters. The monoisotopic (exact) mass is 440 g/mol. The molecule has 0 saturated carbocycles. The summed E-state index contributed by atoms with van der Waals surface area (Å²) in [4.78, 5) is 18.3. The Labute approximate surface area is 164 Å². The minimum absolute atomic E-state index is 0. The number of fused-ring (bicyclic) bond motifs is 2. The van der Waals surface area contributed by atoms with Gasteiger partial charge in [0.05, 0.1) is 0 Å². The summed E-state index contributed by atoms with van der Waals surface area (Å²) in [6.07, 6.45) is 13.4. The fourth-order valence-corrected chi connectivity index (χ4v) is 3.03. The van der Waals surface area contributed by atoms with Gasteiger partial charge >= 0.3 is 0 Å². The Balaban J connectivity index is 0.00000182. The van der Waals surface area contributed by atoms with Gasteiger partial charge in [0.2, 0.25) is 5.78 Å². The number of ketones is 1. The Hall–Kier alpha value is -2.47. The van der Waals surface area contributed by atoms with E-state index in [4.69, 9.17) is 0 Å². The smallest absolute Gasteiger partial charge is 0.204 e. The molecule has 1 aromatic carbocycles. The number of benzene rings is 1. The molecular weight excluding hydrogens is 423 g/mol. The maximum Gasteiger partial charge on any atom is 0.204 e. The van der Waals surface area contributed by atoms with E-state index in [1.54, 1.807) is 12.3 Å². The first-order valence-electron chi connectivity index (χ1n) is 7.84. The summed E-state index contributed by atoms with van der Waals surface area (Å²) in [5.74, 6) is -0.0431. The summed E-state index contributed by atoms with van der Waals surface area (Å²) in [5.41, 5.74) is 5.91. The molecule has 1 aliphatic carbocycles. The highest BCUT2D eigenvalue weighted by atomic mass is 127. The highest BCUT2D eigenvalue weighted by molar-refractivity contribution is 14.0. The third kappa shape index (κ3) is 3.22. The summed E-state index contributed by atoms with van der Waals surface area (Å²) in [7, 11) is 2.03. The van der Waals surface area contributed by atoms with Crippen molar-refractivity contribution in [1.82, 2.24) is 9.88 Å². The zero-order valence-corrected chi connectivity index (χ0v) is 16.0. The summed E-state index contributed by atoms with van der Waals surface area (Å²) < 4.78 is 0. The lowest BCUT2D eigenvalue weighted by Gasteiger charge is -2.24. The van der Waals surface area contributed by atoms with Crippen molar-refractivity contribution in [3.63, 3.8) is 0 Å². The highest BCUT2D eigenvalue weighted by Crippen LogP contribution is 2.30. The van der Waals surface area contributed by atoms with E-state index in [9.17, 15) is 4.79 Å². The van der Waals surface area contributed by atoms with Crippen LogP contribution in [-0.2, 0) is 0 Å². The topological polar surface area (TPSA) is 33.2 Å². The number of hydrogen-bond donors (Lipinski definition) is 0. The maximum absolute atomic E-state index is 11.9. The van der Waals surface area contributed by atoms with E-state index in [-0.39, 0.29) is 29.8 Å². The number of hydrogen-bond acceptors (Lipinski definition) is 3. The van der Waals surface area contributed by atoms with Crippen LogP contribution < -0.4 is 0 Å². The van der Waals surface area contributed by atoms with Gasteiger partial charge in [-0.3, -0.25) is 9.78 Å². The van der Waals surface area contributed by atoms with E-state index in [2.05, 4.69) is 40.4 Å². The fourth-order valence-electron chi connectivity index (χ4n) is 3.03. The molecule has 0 saturated heterocycles. The molecule has 2 heterocycles. The molecule has 0 fully saturated rings. The van der Waals surface area contributed by atoms with Crippen LogP contribution in [0.2, 0.25) is 0 Å². The van der Waals surface area contributed by atoms with Crippen molar-refractivity contribution in [2.24, 2.45) is 0 Å². The van der Waals surface area contributed by atoms with Gasteiger partial charge in [0.15, 0.2) is 0 Å². The van der Waals surface area contributed by atoms with Crippen LogP contribution in [0.3, 0.4) is 0 Å². The molecule has 0 spiro atoms. The van der Waals surface area contributed by atoms with Crippen molar-refractivity contribution >= 4 is 47.1 Å². The zero-order valence-electron chi connectivity index (χ0n) is 13.7. The van der Waals surface area contributed by atoms with E-state index >= 15 is 0 Å². The summed E-state index contributed by atoms with van der Waals surface area (Å²) >= 11 is 0. The second-order valence-corrected chi connectivity index (χ2v) is 5.78. The van der Waals surface area contributed by atoms with Gasteiger partial charge in [0.1, 0.15) is 5.69 Å². The zero-order chi connectivity index (χ0) is 16.5. The number of carbonyl (C=O) groups is 1. The van der Waals surface area contributed by atoms with Crippen molar-refractivity contribution in [3.05, 3.63) is 95.5 Å².